The summed E-state index contributed by atoms with van der Waals surface area (Å²) in [6.07, 6.45) is 2.40. The van der Waals surface area contributed by atoms with E-state index >= 15 is 0 Å². The Hall–Kier alpha value is -3.07. The van der Waals surface area contributed by atoms with Gasteiger partial charge in [-0.3, -0.25) is 9.59 Å². The molecule has 1 aliphatic heterocycles. The van der Waals surface area contributed by atoms with E-state index in [0.29, 0.717) is 55.1 Å². The number of nitrogens with one attached hydrogen (secondary N) is 1. The predicted octanol–water partition coefficient (Wildman–Crippen LogP) is 2.66. The Labute approximate surface area is 198 Å². The van der Waals surface area contributed by atoms with Gasteiger partial charge < -0.3 is 28.8 Å². The summed E-state index contributed by atoms with van der Waals surface area (Å²) in [7, 11) is 2.85. The zero-order valence-corrected chi connectivity index (χ0v) is 20.2. The van der Waals surface area contributed by atoms with Crippen molar-refractivity contribution >= 4 is 22.8 Å². The lowest BCUT2D eigenvalue weighted by atomic mass is 9.69. The number of benzene rings is 1. The highest BCUT2D eigenvalue weighted by Gasteiger charge is 2.46. The fourth-order valence-electron chi connectivity index (χ4n) is 4.78. The summed E-state index contributed by atoms with van der Waals surface area (Å²) in [5.74, 6) is -0.152. The Bertz CT molecular complexity index is 1160. The van der Waals surface area contributed by atoms with Gasteiger partial charge in [-0.15, -0.1) is 0 Å². The monoisotopic (exact) mass is 472 g/mol. The molecule has 1 saturated carbocycles. The number of aromatic nitrogens is 1. The number of amides is 1. The molecule has 9 heteroatoms. The molecule has 0 bridgehead atoms. The fourth-order valence-corrected chi connectivity index (χ4v) is 4.78. The summed E-state index contributed by atoms with van der Waals surface area (Å²) in [5.41, 5.74) is -1.07. The number of esters is 1. The predicted molar refractivity (Wildman–Crippen MR) is 126 cm³/mol. The molecule has 0 unspecified atom stereocenters. The Morgan fingerprint density at radius 1 is 1.06 bits per heavy atom. The Morgan fingerprint density at radius 2 is 1.79 bits per heavy atom. The van der Waals surface area contributed by atoms with E-state index in [9.17, 15) is 14.4 Å². The average molecular weight is 473 g/mol. The third kappa shape index (κ3) is 4.36. The Kier molecular flexibility index (Phi) is 6.58. The molecule has 2 aliphatic rings. The molecule has 1 aliphatic carbocycles. The molecule has 34 heavy (non-hydrogen) atoms. The summed E-state index contributed by atoms with van der Waals surface area (Å²) >= 11 is 0. The van der Waals surface area contributed by atoms with Crippen molar-refractivity contribution in [1.82, 2.24) is 9.88 Å². The highest BCUT2D eigenvalue weighted by Crippen LogP contribution is 2.41. The SMILES string of the molecule is COC(=O)C1(NC(=O)c2cc3ccc(OC)c4c3n(c2=O)CCOCCO4)CCC(C)(C)CC1. The van der Waals surface area contributed by atoms with Crippen LogP contribution in [0.15, 0.2) is 23.0 Å². The van der Waals surface area contributed by atoms with Gasteiger partial charge in [-0.2, -0.15) is 0 Å². The van der Waals surface area contributed by atoms with Gasteiger partial charge in [0.25, 0.3) is 11.5 Å². The van der Waals surface area contributed by atoms with E-state index < -0.39 is 23.0 Å². The average Bonchev–Trinajstić information content (AvgIpc) is 2.93. The molecule has 0 radical (unpaired) electrons. The van der Waals surface area contributed by atoms with Crippen LogP contribution < -0.4 is 20.3 Å². The third-order valence-corrected chi connectivity index (χ3v) is 6.96. The van der Waals surface area contributed by atoms with Crippen molar-refractivity contribution in [1.29, 1.82) is 0 Å². The van der Waals surface area contributed by atoms with Crippen LogP contribution in [-0.4, -0.2) is 56.0 Å². The molecule has 1 N–H and O–H groups in total. The maximum Gasteiger partial charge on any atom is 0.331 e. The van der Waals surface area contributed by atoms with E-state index in [1.54, 1.807) is 18.2 Å². The third-order valence-electron chi connectivity index (χ3n) is 6.96. The molecule has 4 rings (SSSR count). The molecule has 0 saturated heterocycles. The number of methoxy groups -OCH3 is 2. The van der Waals surface area contributed by atoms with Crippen molar-refractivity contribution in [2.75, 3.05) is 34.0 Å². The first-order valence-corrected chi connectivity index (χ1v) is 11.6. The van der Waals surface area contributed by atoms with E-state index in [0.717, 1.165) is 12.8 Å². The minimum Gasteiger partial charge on any atom is -0.493 e. The van der Waals surface area contributed by atoms with Crippen molar-refractivity contribution in [3.05, 3.63) is 34.1 Å². The molecule has 2 aromatic rings. The molecule has 2 heterocycles. The minimum atomic E-state index is -1.16. The summed E-state index contributed by atoms with van der Waals surface area (Å²) in [5, 5.41) is 3.53. The maximum atomic E-state index is 13.5. The molecular weight excluding hydrogens is 440 g/mol. The summed E-state index contributed by atoms with van der Waals surface area (Å²) in [4.78, 5) is 39.8. The lowest BCUT2D eigenvalue weighted by molar-refractivity contribution is -0.150. The summed E-state index contributed by atoms with van der Waals surface area (Å²) in [6.45, 7) is 5.50. The van der Waals surface area contributed by atoms with Gasteiger partial charge in [0.05, 0.1) is 33.0 Å². The number of carbonyl (C=O) groups is 2. The molecule has 0 spiro atoms. The van der Waals surface area contributed by atoms with Crippen LogP contribution in [0.2, 0.25) is 0 Å². The van der Waals surface area contributed by atoms with Gasteiger partial charge in [-0.1, -0.05) is 13.8 Å². The Morgan fingerprint density at radius 3 is 2.47 bits per heavy atom. The Balaban J connectivity index is 1.79. The van der Waals surface area contributed by atoms with Gasteiger partial charge in [-0.05, 0) is 49.3 Å². The van der Waals surface area contributed by atoms with Crippen LogP contribution in [-0.2, 0) is 20.8 Å². The quantitative estimate of drug-likeness (QED) is 0.682. The number of hydrogen-bond donors (Lipinski definition) is 1. The maximum absolute atomic E-state index is 13.5. The highest BCUT2D eigenvalue weighted by atomic mass is 16.5. The van der Waals surface area contributed by atoms with Crippen LogP contribution in [0.3, 0.4) is 0 Å². The second kappa shape index (κ2) is 9.29. The van der Waals surface area contributed by atoms with E-state index in [-0.39, 0.29) is 17.5 Å². The van der Waals surface area contributed by atoms with Gasteiger partial charge in [0.2, 0.25) is 0 Å². The van der Waals surface area contributed by atoms with Gasteiger partial charge in [-0.25, -0.2) is 4.79 Å². The largest absolute Gasteiger partial charge is 0.493 e. The first-order chi connectivity index (χ1) is 16.2. The first kappa shape index (κ1) is 24.1. The summed E-state index contributed by atoms with van der Waals surface area (Å²) in [6, 6.07) is 5.07. The molecule has 1 amide bonds. The number of hydrogen-bond acceptors (Lipinski definition) is 7. The molecule has 1 fully saturated rings. The topological polar surface area (TPSA) is 105 Å². The lowest BCUT2D eigenvalue weighted by Crippen LogP contribution is -2.58. The minimum absolute atomic E-state index is 0.0454. The second-order valence-electron chi connectivity index (χ2n) is 9.70. The van der Waals surface area contributed by atoms with Crippen LogP contribution in [0.1, 0.15) is 49.9 Å². The van der Waals surface area contributed by atoms with Crippen LogP contribution in [0.4, 0.5) is 0 Å². The van der Waals surface area contributed by atoms with E-state index in [1.165, 1.54) is 18.8 Å². The van der Waals surface area contributed by atoms with Crippen LogP contribution >= 0.6 is 0 Å². The van der Waals surface area contributed by atoms with Gasteiger partial charge >= 0.3 is 5.97 Å². The smallest absolute Gasteiger partial charge is 0.331 e. The van der Waals surface area contributed by atoms with Crippen molar-refractivity contribution in [2.24, 2.45) is 5.41 Å². The normalized spacial score (nSPS) is 19.2. The van der Waals surface area contributed by atoms with Crippen LogP contribution in [0, 0.1) is 5.41 Å². The van der Waals surface area contributed by atoms with E-state index in [2.05, 4.69) is 19.2 Å². The number of rotatable bonds is 4. The molecular formula is C25H32N2O7. The van der Waals surface area contributed by atoms with Gasteiger partial charge in [0.1, 0.15) is 17.7 Å². The van der Waals surface area contributed by atoms with Crippen molar-refractivity contribution in [3.8, 4) is 11.5 Å². The molecule has 1 aromatic heterocycles. The standard InChI is InChI=1S/C25H32N2O7/c1-24(2)7-9-25(10-8-24,23(30)32-4)26-21(28)17-15-16-5-6-18(31-3)20-19(16)27(22(17)29)11-12-33-13-14-34-20/h5-6,15H,7-14H2,1-4H3,(H,26,28). The molecule has 9 nitrogen and oxygen atoms in total. The zero-order chi connectivity index (χ0) is 24.5. The first-order valence-electron chi connectivity index (χ1n) is 11.6. The number of carbonyl (C=O) groups excluding carboxylic acids is 2. The summed E-state index contributed by atoms with van der Waals surface area (Å²) < 4.78 is 23.4. The zero-order valence-electron chi connectivity index (χ0n) is 20.2. The van der Waals surface area contributed by atoms with E-state index in [4.69, 9.17) is 18.9 Å². The number of pyridine rings is 1. The fraction of sp³-hybridized carbons (Fsp3) is 0.560. The molecule has 184 valence electrons. The highest BCUT2D eigenvalue weighted by molar-refractivity contribution is 6.01. The van der Waals surface area contributed by atoms with Crippen LogP contribution in [0.25, 0.3) is 10.9 Å². The lowest BCUT2D eigenvalue weighted by Gasteiger charge is -2.41. The van der Waals surface area contributed by atoms with Crippen molar-refractivity contribution < 1.29 is 28.5 Å². The van der Waals surface area contributed by atoms with Crippen molar-refractivity contribution in [3.63, 3.8) is 0 Å². The second-order valence-corrected chi connectivity index (χ2v) is 9.70. The van der Waals surface area contributed by atoms with Gasteiger partial charge in [0, 0.05) is 11.9 Å². The molecule has 1 aromatic carbocycles. The van der Waals surface area contributed by atoms with E-state index in [1.807, 2.05) is 0 Å². The van der Waals surface area contributed by atoms with Crippen molar-refractivity contribution in [2.45, 2.75) is 51.6 Å². The number of ether oxygens (including phenoxy) is 4. The van der Waals surface area contributed by atoms with Gasteiger partial charge in [0.15, 0.2) is 11.5 Å². The molecule has 0 atom stereocenters. The number of nitrogens with zero attached hydrogens (tertiary/aromatic N) is 1. The van der Waals surface area contributed by atoms with Crippen LogP contribution in [0.5, 0.6) is 11.5 Å².